The zero-order chi connectivity index (χ0) is 9.80. The fourth-order valence-corrected chi connectivity index (χ4v) is 2.18. The molecule has 0 aromatic carbocycles. The van der Waals surface area contributed by atoms with Crippen LogP contribution >= 0.6 is 0 Å². The van der Waals surface area contributed by atoms with Crippen LogP contribution in [0.5, 0.6) is 0 Å². The highest BCUT2D eigenvalue weighted by atomic mass is 16.5. The van der Waals surface area contributed by atoms with Crippen molar-refractivity contribution in [2.45, 2.75) is 38.5 Å². The van der Waals surface area contributed by atoms with Crippen molar-refractivity contribution in [1.29, 1.82) is 0 Å². The van der Waals surface area contributed by atoms with Gasteiger partial charge in [-0.2, -0.15) is 0 Å². The molecule has 0 saturated heterocycles. The molecule has 3 heteroatoms. The SMILES string of the molecule is O=Cc1cnoc1CC1CCCCC1. The van der Waals surface area contributed by atoms with E-state index in [2.05, 4.69) is 5.16 Å². The minimum Gasteiger partial charge on any atom is -0.361 e. The lowest BCUT2D eigenvalue weighted by molar-refractivity contribution is 0.112. The molecule has 0 radical (unpaired) electrons. The summed E-state index contributed by atoms with van der Waals surface area (Å²) in [5.41, 5.74) is 0.621. The molecule has 1 saturated carbocycles. The van der Waals surface area contributed by atoms with E-state index in [1.54, 1.807) is 0 Å². The van der Waals surface area contributed by atoms with Crippen LogP contribution in [0.1, 0.15) is 48.2 Å². The molecule has 0 atom stereocenters. The van der Waals surface area contributed by atoms with Crippen LogP contribution in [0.4, 0.5) is 0 Å². The number of hydrogen-bond acceptors (Lipinski definition) is 3. The summed E-state index contributed by atoms with van der Waals surface area (Å²) in [5.74, 6) is 1.46. The first-order valence-electron chi connectivity index (χ1n) is 5.29. The van der Waals surface area contributed by atoms with Crippen molar-refractivity contribution in [2.75, 3.05) is 0 Å². The minimum absolute atomic E-state index is 0.621. The zero-order valence-electron chi connectivity index (χ0n) is 8.24. The van der Waals surface area contributed by atoms with Crippen LogP contribution < -0.4 is 0 Å². The van der Waals surface area contributed by atoms with Gasteiger partial charge in [0.15, 0.2) is 6.29 Å². The number of aromatic nitrogens is 1. The van der Waals surface area contributed by atoms with Crippen LogP contribution in [0, 0.1) is 5.92 Å². The van der Waals surface area contributed by atoms with Gasteiger partial charge in [0, 0.05) is 6.42 Å². The molecule has 1 heterocycles. The number of aldehydes is 1. The van der Waals surface area contributed by atoms with Gasteiger partial charge in [-0.25, -0.2) is 0 Å². The highest BCUT2D eigenvalue weighted by Crippen LogP contribution is 2.27. The maximum Gasteiger partial charge on any atom is 0.155 e. The summed E-state index contributed by atoms with van der Waals surface area (Å²) in [6, 6.07) is 0. The number of nitrogens with zero attached hydrogens (tertiary/aromatic N) is 1. The Morgan fingerprint density at radius 2 is 2.21 bits per heavy atom. The molecule has 2 rings (SSSR count). The lowest BCUT2D eigenvalue weighted by Crippen LogP contribution is -2.09. The summed E-state index contributed by atoms with van der Waals surface area (Å²) < 4.78 is 5.08. The third-order valence-corrected chi connectivity index (χ3v) is 3.00. The Balaban J connectivity index is 1.98. The van der Waals surface area contributed by atoms with Crippen LogP contribution in [0.25, 0.3) is 0 Å². The molecule has 1 aromatic rings. The molecule has 76 valence electrons. The van der Waals surface area contributed by atoms with E-state index in [-0.39, 0.29) is 0 Å². The molecule has 1 aromatic heterocycles. The van der Waals surface area contributed by atoms with Crippen molar-refractivity contribution < 1.29 is 9.32 Å². The summed E-state index contributed by atoms with van der Waals surface area (Å²) in [7, 11) is 0. The third-order valence-electron chi connectivity index (χ3n) is 3.00. The van der Waals surface area contributed by atoms with E-state index in [4.69, 9.17) is 4.52 Å². The second-order valence-electron chi connectivity index (χ2n) is 4.03. The standard InChI is InChI=1S/C11H15NO2/c13-8-10-7-12-14-11(10)6-9-4-2-1-3-5-9/h7-9H,1-6H2. The van der Waals surface area contributed by atoms with Gasteiger partial charge in [0.25, 0.3) is 0 Å². The highest BCUT2D eigenvalue weighted by Gasteiger charge is 2.17. The summed E-state index contributed by atoms with van der Waals surface area (Å²) in [6.07, 6.45) is 9.73. The first-order valence-corrected chi connectivity index (χ1v) is 5.29. The Labute approximate surface area is 83.5 Å². The Morgan fingerprint density at radius 3 is 2.93 bits per heavy atom. The summed E-state index contributed by atoms with van der Waals surface area (Å²) >= 11 is 0. The molecule has 3 nitrogen and oxygen atoms in total. The number of carbonyl (C=O) groups is 1. The van der Waals surface area contributed by atoms with Crippen molar-refractivity contribution in [2.24, 2.45) is 5.92 Å². The first-order chi connectivity index (χ1) is 6.90. The molecular weight excluding hydrogens is 178 g/mol. The van der Waals surface area contributed by atoms with Gasteiger partial charge in [-0.1, -0.05) is 37.3 Å². The van der Waals surface area contributed by atoms with E-state index in [1.165, 1.54) is 38.3 Å². The average molecular weight is 193 g/mol. The number of rotatable bonds is 3. The average Bonchev–Trinajstić information content (AvgIpc) is 2.67. The molecule has 0 unspecified atom stereocenters. The van der Waals surface area contributed by atoms with Gasteiger partial charge in [-0.05, 0) is 5.92 Å². The van der Waals surface area contributed by atoms with E-state index in [0.717, 1.165) is 18.5 Å². The Hall–Kier alpha value is -1.12. The van der Waals surface area contributed by atoms with Crippen molar-refractivity contribution in [3.63, 3.8) is 0 Å². The number of carbonyl (C=O) groups excluding carboxylic acids is 1. The third kappa shape index (κ3) is 2.03. The van der Waals surface area contributed by atoms with Crippen molar-refractivity contribution in [3.05, 3.63) is 17.5 Å². The first kappa shape index (κ1) is 9.44. The van der Waals surface area contributed by atoms with Crippen LogP contribution in [-0.2, 0) is 6.42 Å². The molecule has 0 spiro atoms. The Morgan fingerprint density at radius 1 is 1.43 bits per heavy atom. The second-order valence-corrected chi connectivity index (χ2v) is 4.03. The van der Waals surface area contributed by atoms with Gasteiger partial charge in [0.05, 0.1) is 11.8 Å². The second kappa shape index (κ2) is 4.40. The van der Waals surface area contributed by atoms with E-state index in [1.807, 2.05) is 0 Å². The summed E-state index contributed by atoms with van der Waals surface area (Å²) in [4.78, 5) is 10.6. The molecule has 0 aliphatic heterocycles. The maximum atomic E-state index is 10.6. The lowest BCUT2D eigenvalue weighted by Gasteiger charge is -2.20. The van der Waals surface area contributed by atoms with Gasteiger partial charge >= 0.3 is 0 Å². The Kier molecular flexibility index (Phi) is 2.96. The smallest absolute Gasteiger partial charge is 0.155 e. The largest absolute Gasteiger partial charge is 0.361 e. The van der Waals surface area contributed by atoms with Gasteiger partial charge in [-0.15, -0.1) is 0 Å². The van der Waals surface area contributed by atoms with E-state index in [9.17, 15) is 4.79 Å². The topological polar surface area (TPSA) is 43.1 Å². The predicted molar refractivity (Wildman–Crippen MR) is 52.2 cm³/mol. The molecule has 0 N–H and O–H groups in total. The quantitative estimate of drug-likeness (QED) is 0.693. The van der Waals surface area contributed by atoms with Gasteiger partial charge in [-0.3, -0.25) is 4.79 Å². The van der Waals surface area contributed by atoms with Crippen LogP contribution in [-0.4, -0.2) is 11.4 Å². The fourth-order valence-electron chi connectivity index (χ4n) is 2.18. The monoisotopic (exact) mass is 193 g/mol. The van der Waals surface area contributed by atoms with Crippen molar-refractivity contribution in [1.82, 2.24) is 5.16 Å². The summed E-state index contributed by atoms with van der Waals surface area (Å²) in [5, 5.41) is 3.65. The van der Waals surface area contributed by atoms with Crippen LogP contribution in [0.15, 0.2) is 10.7 Å². The molecule has 0 amide bonds. The van der Waals surface area contributed by atoms with Crippen molar-refractivity contribution in [3.8, 4) is 0 Å². The van der Waals surface area contributed by atoms with E-state index < -0.39 is 0 Å². The maximum absolute atomic E-state index is 10.6. The van der Waals surface area contributed by atoms with Gasteiger partial charge < -0.3 is 4.52 Å². The molecular formula is C11H15NO2. The molecule has 14 heavy (non-hydrogen) atoms. The molecule has 1 aliphatic carbocycles. The van der Waals surface area contributed by atoms with E-state index in [0.29, 0.717) is 11.5 Å². The number of hydrogen-bond donors (Lipinski definition) is 0. The van der Waals surface area contributed by atoms with Gasteiger partial charge in [0.2, 0.25) is 0 Å². The highest BCUT2D eigenvalue weighted by molar-refractivity contribution is 5.75. The van der Waals surface area contributed by atoms with Crippen LogP contribution in [0.3, 0.4) is 0 Å². The minimum atomic E-state index is 0.621. The molecule has 1 aliphatic rings. The van der Waals surface area contributed by atoms with Crippen LogP contribution in [0.2, 0.25) is 0 Å². The zero-order valence-corrected chi connectivity index (χ0v) is 8.24. The van der Waals surface area contributed by atoms with E-state index >= 15 is 0 Å². The predicted octanol–water partition coefficient (Wildman–Crippen LogP) is 2.61. The van der Waals surface area contributed by atoms with Gasteiger partial charge in [0.1, 0.15) is 5.76 Å². The normalized spacial score (nSPS) is 18.3. The molecule has 1 fully saturated rings. The van der Waals surface area contributed by atoms with Crippen molar-refractivity contribution >= 4 is 6.29 Å². The molecule has 0 bridgehead atoms. The lowest BCUT2D eigenvalue weighted by atomic mass is 9.86. The summed E-state index contributed by atoms with van der Waals surface area (Å²) in [6.45, 7) is 0. The fraction of sp³-hybridized carbons (Fsp3) is 0.636. The Bertz CT molecular complexity index is 300.